The van der Waals surface area contributed by atoms with Gasteiger partial charge in [0.15, 0.2) is 0 Å². The van der Waals surface area contributed by atoms with E-state index in [1.807, 2.05) is 48.5 Å². The number of nitrogens with one attached hydrogen (secondary N) is 2. The number of hydrazine groups is 1. The maximum atomic E-state index is 14.5. The van der Waals surface area contributed by atoms with Gasteiger partial charge in [-0.05, 0) is 57.3 Å². The van der Waals surface area contributed by atoms with Gasteiger partial charge in [0.1, 0.15) is 18.0 Å². The molecule has 2 saturated heterocycles. The Balaban J connectivity index is 1.18. The molecule has 51 heavy (non-hydrogen) atoms. The van der Waals surface area contributed by atoms with Crippen LogP contribution in [0.3, 0.4) is 0 Å². The molecule has 11 heteroatoms. The minimum absolute atomic E-state index is 0.0730. The van der Waals surface area contributed by atoms with Gasteiger partial charge in [0, 0.05) is 43.0 Å². The number of aromatic hydroxyl groups is 1. The van der Waals surface area contributed by atoms with Gasteiger partial charge in [-0.1, -0.05) is 84.9 Å². The standard InChI is InChI=1S/C40H40N6O4S/c1-2-19-44-26-38(48)45-35(20-28-13-16-33(47)17-14-28)39(49)43(25-37(45)46(44)40(50)42-23-30-11-7-4-8-12-30)24-31-27-51-36-21-32(15-18-34(31)36)41-22-29-9-5-3-6-10-29/h2-18,21,27,35,37,41,47H,1,19-20,22-26H2,(H,42,50)/t35-,37-/m0/s1. The van der Waals surface area contributed by atoms with Gasteiger partial charge in [0.25, 0.3) is 0 Å². The van der Waals surface area contributed by atoms with Crippen molar-refractivity contribution in [2.45, 2.75) is 38.3 Å². The Labute approximate surface area is 301 Å². The van der Waals surface area contributed by atoms with Crippen LogP contribution in [0.15, 0.2) is 121 Å². The summed E-state index contributed by atoms with van der Waals surface area (Å²) in [5.41, 5.74) is 4.95. The molecular weight excluding hydrogens is 661 g/mol. The molecule has 2 fully saturated rings. The van der Waals surface area contributed by atoms with E-state index in [9.17, 15) is 19.5 Å². The van der Waals surface area contributed by atoms with E-state index in [0.717, 1.165) is 32.5 Å². The molecule has 3 heterocycles. The summed E-state index contributed by atoms with van der Waals surface area (Å²) in [7, 11) is 0. The van der Waals surface area contributed by atoms with Gasteiger partial charge in [0.2, 0.25) is 11.8 Å². The number of anilines is 1. The summed E-state index contributed by atoms with van der Waals surface area (Å²) in [6.45, 7) is 5.56. The van der Waals surface area contributed by atoms with Crippen molar-refractivity contribution in [2.75, 3.05) is 25.0 Å². The average molecular weight is 701 g/mol. The quantitative estimate of drug-likeness (QED) is 0.147. The van der Waals surface area contributed by atoms with Gasteiger partial charge < -0.3 is 25.5 Å². The number of nitrogens with zero attached hydrogens (tertiary/aromatic N) is 4. The summed E-state index contributed by atoms with van der Waals surface area (Å²) >= 11 is 1.62. The number of phenols is 1. The number of urea groups is 1. The van der Waals surface area contributed by atoms with Crippen LogP contribution < -0.4 is 10.6 Å². The Morgan fingerprint density at radius 3 is 2.31 bits per heavy atom. The third kappa shape index (κ3) is 7.45. The van der Waals surface area contributed by atoms with E-state index < -0.39 is 12.2 Å². The van der Waals surface area contributed by atoms with Gasteiger partial charge in [0.05, 0.1) is 13.1 Å². The summed E-state index contributed by atoms with van der Waals surface area (Å²) < 4.78 is 1.10. The molecule has 0 bridgehead atoms. The number of fused-ring (bicyclic) bond motifs is 2. The fraction of sp³-hybridized carbons (Fsp3) is 0.225. The number of phenolic OH excluding ortho intramolecular Hbond substituents is 1. The number of benzene rings is 4. The first-order valence-electron chi connectivity index (χ1n) is 17.0. The highest BCUT2D eigenvalue weighted by Gasteiger charge is 2.51. The van der Waals surface area contributed by atoms with E-state index in [-0.39, 0.29) is 49.7 Å². The molecule has 0 radical (unpaired) electrons. The summed E-state index contributed by atoms with van der Waals surface area (Å²) in [6.07, 6.45) is 1.15. The molecule has 2 atom stereocenters. The van der Waals surface area contributed by atoms with Gasteiger partial charge in [-0.2, -0.15) is 0 Å². The van der Waals surface area contributed by atoms with E-state index in [4.69, 9.17) is 0 Å². The third-order valence-electron chi connectivity index (χ3n) is 9.39. The highest BCUT2D eigenvalue weighted by Crippen LogP contribution is 2.33. The highest BCUT2D eigenvalue weighted by molar-refractivity contribution is 7.17. The smallest absolute Gasteiger partial charge is 0.334 e. The molecule has 0 unspecified atom stereocenters. The van der Waals surface area contributed by atoms with Crippen LogP contribution in [-0.4, -0.2) is 74.6 Å². The molecule has 4 aromatic carbocycles. The fourth-order valence-corrected chi connectivity index (χ4v) is 7.87. The SMILES string of the molecule is C=CCN1CC(=O)N2[C@@H](Cc3ccc(O)cc3)C(=O)N(Cc3csc4cc(NCc5ccccc5)ccc34)C[C@@H]2N1C(=O)NCc1ccccc1. The molecule has 3 N–H and O–H groups in total. The van der Waals surface area contributed by atoms with Crippen molar-refractivity contribution in [3.63, 3.8) is 0 Å². The molecule has 4 amide bonds. The molecule has 7 rings (SSSR count). The molecule has 0 aliphatic carbocycles. The van der Waals surface area contributed by atoms with Crippen LogP contribution in [0.25, 0.3) is 10.1 Å². The molecule has 2 aliphatic rings. The molecule has 2 aliphatic heterocycles. The van der Waals surface area contributed by atoms with Crippen molar-refractivity contribution in [1.29, 1.82) is 0 Å². The van der Waals surface area contributed by atoms with Crippen molar-refractivity contribution >= 4 is 45.0 Å². The number of amides is 4. The van der Waals surface area contributed by atoms with Gasteiger partial charge >= 0.3 is 6.03 Å². The second-order valence-electron chi connectivity index (χ2n) is 12.8. The zero-order valence-corrected chi connectivity index (χ0v) is 29.0. The lowest BCUT2D eigenvalue weighted by Crippen LogP contribution is -2.76. The molecule has 10 nitrogen and oxygen atoms in total. The fourth-order valence-electron chi connectivity index (χ4n) is 6.87. The van der Waals surface area contributed by atoms with E-state index >= 15 is 0 Å². The lowest BCUT2D eigenvalue weighted by Gasteiger charge is -2.55. The number of hydrogen-bond donors (Lipinski definition) is 3. The van der Waals surface area contributed by atoms with Crippen LogP contribution in [0.2, 0.25) is 0 Å². The average Bonchev–Trinajstić information content (AvgIpc) is 3.55. The Morgan fingerprint density at radius 1 is 0.902 bits per heavy atom. The van der Waals surface area contributed by atoms with Gasteiger partial charge in [-0.3, -0.25) is 9.59 Å². The van der Waals surface area contributed by atoms with Crippen LogP contribution in [0.1, 0.15) is 22.3 Å². The minimum atomic E-state index is -0.852. The largest absolute Gasteiger partial charge is 0.508 e. The number of carbonyl (C=O) groups is 3. The summed E-state index contributed by atoms with van der Waals surface area (Å²) in [5, 5.41) is 22.9. The van der Waals surface area contributed by atoms with E-state index in [2.05, 4.69) is 52.9 Å². The predicted molar refractivity (Wildman–Crippen MR) is 200 cm³/mol. The predicted octanol–water partition coefficient (Wildman–Crippen LogP) is 5.96. The van der Waals surface area contributed by atoms with Crippen LogP contribution in [0, 0.1) is 0 Å². The number of hydrogen-bond acceptors (Lipinski definition) is 7. The van der Waals surface area contributed by atoms with Crippen LogP contribution in [-0.2, 0) is 35.6 Å². The number of thiophene rings is 1. The number of rotatable bonds is 11. The molecular formula is C40H40N6O4S. The van der Waals surface area contributed by atoms with Crippen molar-refractivity contribution in [2.24, 2.45) is 0 Å². The lowest BCUT2D eigenvalue weighted by molar-refractivity contribution is -0.189. The molecule has 5 aromatic rings. The Hall–Kier alpha value is -5.65. The summed E-state index contributed by atoms with van der Waals surface area (Å²) in [5.74, 6) is -0.302. The van der Waals surface area contributed by atoms with Crippen molar-refractivity contribution in [3.05, 3.63) is 143 Å². The van der Waals surface area contributed by atoms with Crippen LogP contribution >= 0.6 is 11.3 Å². The van der Waals surface area contributed by atoms with Crippen LogP contribution in [0.4, 0.5) is 10.5 Å². The maximum Gasteiger partial charge on any atom is 0.334 e. The second-order valence-corrected chi connectivity index (χ2v) is 13.7. The molecule has 0 saturated carbocycles. The zero-order valence-electron chi connectivity index (χ0n) is 28.2. The number of carbonyl (C=O) groups excluding carboxylic acids is 3. The third-order valence-corrected chi connectivity index (χ3v) is 10.4. The van der Waals surface area contributed by atoms with Crippen molar-refractivity contribution in [1.82, 2.24) is 25.1 Å². The number of piperazine rings is 1. The maximum absolute atomic E-state index is 14.5. The van der Waals surface area contributed by atoms with E-state index in [1.54, 1.807) is 61.5 Å². The highest BCUT2D eigenvalue weighted by atomic mass is 32.1. The molecule has 0 spiro atoms. The first-order chi connectivity index (χ1) is 24.9. The first-order valence-corrected chi connectivity index (χ1v) is 17.9. The topological polar surface area (TPSA) is 108 Å². The van der Waals surface area contributed by atoms with Crippen molar-refractivity contribution in [3.8, 4) is 5.75 Å². The Morgan fingerprint density at radius 2 is 1.61 bits per heavy atom. The monoisotopic (exact) mass is 700 g/mol. The van der Waals surface area contributed by atoms with Gasteiger partial charge in [-0.15, -0.1) is 17.9 Å². The van der Waals surface area contributed by atoms with E-state index in [1.165, 1.54) is 5.56 Å². The second kappa shape index (κ2) is 15.1. The lowest BCUT2D eigenvalue weighted by atomic mass is 9.98. The van der Waals surface area contributed by atoms with Gasteiger partial charge in [-0.25, -0.2) is 14.8 Å². The first kappa shape index (κ1) is 33.8. The summed E-state index contributed by atoms with van der Waals surface area (Å²) in [4.78, 5) is 45.8. The summed E-state index contributed by atoms with van der Waals surface area (Å²) in [6, 6.07) is 31.6. The normalized spacial score (nSPS) is 17.8. The zero-order chi connectivity index (χ0) is 35.3. The molecule has 1 aromatic heterocycles. The van der Waals surface area contributed by atoms with Crippen molar-refractivity contribution < 1.29 is 19.5 Å². The Bertz CT molecular complexity index is 2020. The van der Waals surface area contributed by atoms with Crippen LogP contribution in [0.5, 0.6) is 5.75 Å². The molecule has 260 valence electrons. The van der Waals surface area contributed by atoms with E-state index in [0.29, 0.717) is 19.6 Å². The Kier molecular flexibility index (Phi) is 10.0. The minimum Gasteiger partial charge on any atom is -0.508 e.